The second kappa shape index (κ2) is 8.40. The molecule has 4 rings (SSSR count). The Labute approximate surface area is 172 Å². The maximum Gasteiger partial charge on any atom is 0.278 e. The van der Waals surface area contributed by atoms with Crippen molar-refractivity contribution in [3.8, 4) is 5.75 Å². The molecule has 0 bridgehead atoms. The predicted octanol–water partition coefficient (Wildman–Crippen LogP) is 4.15. The minimum atomic E-state index is -0.148. The summed E-state index contributed by atoms with van der Waals surface area (Å²) in [5.41, 5.74) is 2.22. The van der Waals surface area contributed by atoms with E-state index < -0.39 is 0 Å². The minimum absolute atomic E-state index is 0.148. The summed E-state index contributed by atoms with van der Waals surface area (Å²) in [6.07, 6.45) is 5.12. The van der Waals surface area contributed by atoms with Crippen LogP contribution in [-0.2, 0) is 13.1 Å². The van der Waals surface area contributed by atoms with Crippen molar-refractivity contribution >= 4 is 32.6 Å². The molecule has 0 radical (unpaired) electrons. The van der Waals surface area contributed by atoms with Crippen molar-refractivity contribution < 1.29 is 9.53 Å². The molecule has 4 aromatic rings. The summed E-state index contributed by atoms with van der Waals surface area (Å²) < 4.78 is 8.38. The third-order valence-corrected chi connectivity index (χ3v) is 5.49. The standard InChI is InChI=1S/C21H21N5O2S/c1-3-26-16(10-12-23-26)20(27)25(14-15-7-6-11-22-13-15)21-24-19-17(28-4-2)8-5-9-18(19)29-21/h5-13H,3-4,14H2,1-2H3. The molecule has 0 saturated heterocycles. The van der Waals surface area contributed by atoms with Gasteiger partial charge in [-0.05, 0) is 43.7 Å². The zero-order chi connectivity index (χ0) is 20.2. The van der Waals surface area contributed by atoms with Gasteiger partial charge < -0.3 is 4.74 Å². The number of aromatic nitrogens is 4. The van der Waals surface area contributed by atoms with E-state index in [1.807, 2.05) is 44.2 Å². The fourth-order valence-electron chi connectivity index (χ4n) is 3.10. The second-order valence-electron chi connectivity index (χ2n) is 6.32. The lowest BCUT2D eigenvalue weighted by molar-refractivity contribution is 0.0975. The molecule has 0 saturated carbocycles. The maximum atomic E-state index is 13.5. The quantitative estimate of drug-likeness (QED) is 0.460. The summed E-state index contributed by atoms with van der Waals surface area (Å²) in [4.78, 5) is 24.1. The number of benzene rings is 1. The number of thiazole rings is 1. The van der Waals surface area contributed by atoms with Crippen LogP contribution in [0.15, 0.2) is 55.0 Å². The highest BCUT2D eigenvalue weighted by atomic mass is 32.1. The van der Waals surface area contributed by atoms with Crippen LogP contribution in [0.3, 0.4) is 0 Å². The molecule has 0 unspecified atom stereocenters. The largest absolute Gasteiger partial charge is 0.492 e. The Morgan fingerprint density at radius 1 is 1.17 bits per heavy atom. The van der Waals surface area contributed by atoms with Crippen LogP contribution in [0, 0.1) is 0 Å². The van der Waals surface area contributed by atoms with E-state index in [1.165, 1.54) is 11.3 Å². The Morgan fingerprint density at radius 2 is 2.07 bits per heavy atom. The number of aryl methyl sites for hydroxylation is 1. The molecule has 0 spiro atoms. The normalized spacial score (nSPS) is 11.0. The first-order valence-electron chi connectivity index (χ1n) is 9.46. The number of fused-ring (bicyclic) bond motifs is 1. The number of hydrogen-bond donors (Lipinski definition) is 0. The topological polar surface area (TPSA) is 73.1 Å². The summed E-state index contributed by atoms with van der Waals surface area (Å²) in [6.45, 7) is 5.44. The van der Waals surface area contributed by atoms with E-state index in [1.54, 1.807) is 34.2 Å². The average molecular weight is 407 g/mol. The molecule has 3 aromatic heterocycles. The molecule has 0 atom stereocenters. The van der Waals surface area contributed by atoms with Gasteiger partial charge in [0.25, 0.3) is 5.91 Å². The van der Waals surface area contributed by atoms with Crippen LogP contribution < -0.4 is 9.64 Å². The van der Waals surface area contributed by atoms with Crippen LogP contribution in [0.5, 0.6) is 5.75 Å². The number of anilines is 1. The van der Waals surface area contributed by atoms with Gasteiger partial charge >= 0.3 is 0 Å². The smallest absolute Gasteiger partial charge is 0.278 e. The summed E-state index contributed by atoms with van der Waals surface area (Å²) in [6, 6.07) is 11.4. The van der Waals surface area contributed by atoms with E-state index in [9.17, 15) is 4.79 Å². The number of ether oxygens (including phenoxy) is 1. The number of carbonyl (C=O) groups excluding carboxylic acids is 1. The Hall–Kier alpha value is -3.26. The van der Waals surface area contributed by atoms with Crippen LogP contribution in [0.25, 0.3) is 10.2 Å². The van der Waals surface area contributed by atoms with Crippen molar-refractivity contribution in [2.45, 2.75) is 26.9 Å². The van der Waals surface area contributed by atoms with Crippen LogP contribution >= 0.6 is 11.3 Å². The molecule has 29 heavy (non-hydrogen) atoms. The van der Waals surface area contributed by atoms with Crippen LogP contribution in [-0.4, -0.2) is 32.3 Å². The third-order valence-electron chi connectivity index (χ3n) is 4.45. The first-order chi connectivity index (χ1) is 14.2. The number of hydrogen-bond acceptors (Lipinski definition) is 6. The number of carbonyl (C=O) groups is 1. The SMILES string of the molecule is CCOc1cccc2sc(N(Cc3cccnc3)C(=O)c3ccnn3CC)nc12. The molecule has 3 heterocycles. The first kappa shape index (κ1) is 19.1. The van der Waals surface area contributed by atoms with E-state index in [-0.39, 0.29) is 5.91 Å². The molecule has 7 nitrogen and oxygen atoms in total. The predicted molar refractivity (Wildman–Crippen MR) is 113 cm³/mol. The molecule has 1 aromatic carbocycles. The molecular weight excluding hydrogens is 386 g/mol. The van der Waals surface area contributed by atoms with Gasteiger partial charge in [0.05, 0.1) is 17.9 Å². The van der Waals surface area contributed by atoms with Crippen molar-refractivity contribution in [1.29, 1.82) is 0 Å². The van der Waals surface area contributed by atoms with Crippen LogP contribution in [0.2, 0.25) is 0 Å². The molecule has 0 fully saturated rings. The van der Waals surface area contributed by atoms with Crippen LogP contribution in [0.4, 0.5) is 5.13 Å². The van der Waals surface area contributed by atoms with Gasteiger partial charge in [0.1, 0.15) is 17.0 Å². The number of amides is 1. The van der Waals surface area contributed by atoms with Gasteiger partial charge in [0, 0.05) is 25.1 Å². The van der Waals surface area contributed by atoms with Crippen molar-refractivity contribution in [3.63, 3.8) is 0 Å². The Balaban J connectivity index is 1.78. The van der Waals surface area contributed by atoms with Crippen molar-refractivity contribution in [1.82, 2.24) is 19.7 Å². The van der Waals surface area contributed by atoms with Crippen molar-refractivity contribution in [2.24, 2.45) is 0 Å². The van der Waals surface area contributed by atoms with E-state index in [0.717, 1.165) is 21.5 Å². The summed E-state index contributed by atoms with van der Waals surface area (Å²) in [5.74, 6) is 0.574. The molecule has 148 valence electrons. The zero-order valence-electron chi connectivity index (χ0n) is 16.3. The van der Waals surface area contributed by atoms with Crippen molar-refractivity contribution in [3.05, 3.63) is 66.2 Å². The number of nitrogens with zero attached hydrogens (tertiary/aromatic N) is 5. The Kier molecular flexibility index (Phi) is 5.53. The van der Waals surface area contributed by atoms with Gasteiger partial charge in [0.15, 0.2) is 5.13 Å². The van der Waals surface area contributed by atoms with Gasteiger partial charge in [-0.3, -0.25) is 19.4 Å². The van der Waals surface area contributed by atoms with Gasteiger partial charge in [-0.2, -0.15) is 5.10 Å². The molecule has 0 N–H and O–H groups in total. The molecule has 0 aliphatic carbocycles. The molecule has 1 amide bonds. The fourth-order valence-corrected chi connectivity index (χ4v) is 4.08. The van der Waals surface area contributed by atoms with Gasteiger partial charge in [-0.1, -0.05) is 23.5 Å². The molecule has 0 aliphatic rings. The fraction of sp³-hybridized carbons (Fsp3) is 0.238. The first-order valence-corrected chi connectivity index (χ1v) is 10.3. The van der Waals surface area contributed by atoms with Crippen LogP contribution in [0.1, 0.15) is 29.9 Å². The lowest BCUT2D eigenvalue weighted by Gasteiger charge is -2.20. The highest BCUT2D eigenvalue weighted by Gasteiger charge is 2.25. The Morgan fingerprint density at radius 3 is 2.83 bits per heavy atom. The number of para-hydroxylation sites is 1. The van der Waals surface area contributed by atoms with E-state index in [0.29, 0.717) is 30.5 Å². The monoisotopic (exact) mass is 407 g/mol. The summed E-state index contributed by atoms with van der Waals surface area (Å²) >= 11 is 1.47. The average Bonchev–Trinajstić information content (AvgIpc) is 3.40. The number of pyridine rings is 1. The maximum absolute atomic E-state index is 13.5. The van der Waals surface area contributed by atoms with E-state index in [2.05, 4.69) is 10.1 Å². The minimum Gasteiger partial charge on any atom is -0.492 e. The zero-order valence-corrected chi connectivity index (χ0v) is 17.1. The molecular formula is C21H21N5O2S. The third kappa shape index (κ3) is 3.84. The van der Waals surface area contributed by atoms with Gasteiger partial charge in [0.2, 0.25) is 0 Å². The van der Waals surface area contributed by atoms with Gasteiger partial charge in [-0.25, -0.2) is 4.98 Å². The molecule has 8 heteroatoms. The van der Waals surface area contributed by atoms with Gasteiger partial charge in [-0.15, -0.1) is 0 Å². The van der Waals surface area contributed by atoms with E-state index >= 15 is 0 Å². The molecule has 0 aliphatic heterocycles. The Bertz CT molecular complexity index is 1120. The highest BCUT2D eigenvalue weighted by Crippen LogP contribution is 2.35. The van der Waals surface area contributed by atoms with Crippen molar-refractivity contribution in [2.75, 3.05) is 11.5 Å². The summed E-state index contributed by atoms with van der Waals surface area (Å²) in [7, 11) is 0. The summed E-state index contributed by atoms with van der Waals surface area (Å²) in [5, 5.41) is 4.86. The second-order valence-corrected chi connectivity index (χ2v) is 7.33. The lowest BCUT2D eigenvalue weighted by Crippen LogP contribution is -2.32. The number of rotatable bonds is 7. The van der Waals surface area contributed by atoms with E-state index in [4.69, 9.17) is 9.72 Å². The lowest BCUT2D eigenvalue weighted by atomic mass is 10.2. The highest BCUT2D eigenvalue weighted by molar-refractivity contribution is 7.22.